The highest BCUT2D eigenvalue weighted by atomic mass is 16.6. The van der Waals surface area contributed by atoms with Crippen LogP contribution in [0.2, 0.25) is 0 Å². The molecule has 0 fully saturated rings. The number of carbonyl (C=O) groups is 2. The molecule has 0 rings (SSSR count). The van der Waals surface area contributed by atoms with E-state index < -0.39 is 30.9 Å². The van der Waals surface area contributed by atoms with Crippen molar-refractivity contribution < 1.29 is 34.4 Å². The first-order valence-electron chi connectivity index (χ1n) is 18.9. The van der Waals surface area contributed by atoms with Crippen molar-refractivity contribution in [3.05, 3.63) is 48.6 Å². The first-order chi connectivity index (χ1) is 22.9. The Morgan fingerprint density at radius 1 is 0.574 bits per heavy atom. The number of hydrogen-bond donors (Lipinski definition) is 3. The van der Waals surface area contributed by atoms with E-state index in [0.29, 0.717) is 19.3 Å². The largest absolute Gasteiger partial charge is 0.462 e. The summed E-state index contributed by atoms with van der Waals surface area (Å²) in [5.74, 6) is -0.878. The number of rotatable bonds is 33. The van der Waals surface area contributed by atoms with Crippen LogP contribution in [0.3, 0.4) is 0 Å². The molecule has 0 aliphatic rings. The lowest BCUT2D eigenvalue weighted by Gasteiger charge is -2.17. The summed E-state index contributed by atoms with van der Waals surface area (Å²) >= 11 is 0. The number of esters is 2. The van der Waals surface area contributed by atoms with Crippen LogP contribution in [0.15, 0.2) is 48.6 Å². The highest BCUT2D eigenvalue weighted by Gasteiger charge is 2.18. The van der Waals surface area contributed by atoms with Gasteiger partial charge in [0, 0.05) is 12.8 Å². The number of aliphatic hydroxyl groups is 3. The Bertz CT molecular complexity index is 832. The SMILES string of the molecule is CC/C=C\C/C=C\C/C=C\C/C=C\C[C@H](O)[C@@H](O)CCCC(=O)OC[C@H](CO)OC(=O)CCCCCCCCCCCCCCCC. The van der Waals surface area contributed by atoms with E-state index in [9.17, 15) is 24.9 Å². The third-order valence-electron chi connectivity index (χ3n) is 8.09. The van der Waals surface area contributed by atoms with Crippen molar-refractivity contribution in [2.75, 3.05) is 13.2 Å². The average Bonchev–Trinajstić information content (AvgIpc) is 3.07. The van der Waals surface area contributed by atoms with Gasteiger partial charge in [-0.25, -0.2) is 0 Å². The zero-order chi connectivity index (χ0) is 34.6. The van der Waals surface area contributed by atoms with E-state index in [1.807, 2.05) is 12.2 Å². The van der Waals surface area contributed by atoms with Gasteiger partial charge in [0.1, 0.15) is 6.61 Å². The second kappa shape index (κ2) is 35.1. The molecule has 0 spiro atoms. The number of unbranched alkanes of at least 4 members (excludes halogenated alkanes) is 13. The minimum absolute atomic E-state index is 0.0683. The molecular weight excluding hydrogens is 592 g/mol. The number of carbonyl (C=O) groups excluding carboxylic acids is 2. The lowest BCUT2D eigenvalue weighted by atomic mass is 10.0. The normalized spacial score (nSPS) is 14.1. The van der Waals surface area contributed by atoms with Crippen LogP contribution in [0, 0.1) is 0 Å². The van der Waals surface area contributed by atoms with E-state index in [4.69, 9.17) is 9.47 Å². The highest BCUT2D eigenvalue weighted by Crippen LogP contribution is 2.14. The summed E-state index contributed by atoms with van der Waals surface area (Å²) < 4.78 is 10.4. The number of hydrogen-bond acceptors (Lipinski definition) is 7. The van der Waals surface area contributed by atoms with Gasteiger partial charge < -0.3 is 24.8 Å². The maximum Gasteiger partial charge on any atom is 0.306 e. The minimum atomic E-state index is -0.934. The van der Waals surface area contributed by atoms with Gasteiger partial charge in [-0.3, -0.25) is 9.59 Å². The van der Waals surface area contributed by atoms with E-state index in [2.05, 4.69) is 50.3 Å². The van der Waals surface area contributed by atoms with Crippen LogP contribution in [-0.2, 0) is 19.1 Å². The van der Waals surface area contributed by atoms with Crippen molar-refractivity contribution in [2.45, 2.75) is 180 Å². The molecule has 0 aromatic heterocycles. The van der Waals surface area contributed by atoms with Crippen molar-refractivity contribution in [1.82, 2.24) is 0 Å². The second-order valence-electron chi connectivity index (χ2n) is 12.6. The standard InChI is InChI=1S/C40H70O7/c1-3-5-7-9-11-13-15-17-18-20-22-24-26-28-32-40(45)47-36(34-41)35-46-39(44)33-29-31-38(43)37(42)30-27-25-23-21-19-16-14-12-10-8-6-4-2/h6,8,12,14,19,21,25,27,36-38,41-43H,3-5,7,9-11,13,15-18,20,22-24,26,28-35H2,1-2H3/b8-6-,14-12-,21-19-,27-25-/t36-,37-,38-/m0/s1. The van der Waals surface area contributed by atoms with Crippen LogP contribution in [0.4, 0.5) is 0 Å². The van der Waals surface area contributed by atoms with E-state index in [0.717, 1.165) is 44.9 Å². The zero-order valence-corrected chi connectivity index (χ0v) is 30.0. The van der Waals surface area contributed by atoms with Gasteiger partial charge >= 0.3 is 11.9 Å². The van der Waals surface area contributed by atoms with Crippen molar-refractivity contribution in [2.24, 2.45) is 0 Å². The fourth-order valence-electron chi connectivity index (χ4n) is 5.11. The lowest BCUT2D eigenvalue weighted by Crippen LogP contribution is -2.28. The smallest absolute Gasteiger partial charge is 0.306 e. The molecule has 0 saturated heterocycles. The fraction of sp³-hybridized carbons (Fsp3) is 0.750. The van der Waals surface area contributed by atoms with Gasteiger partial charge in [0.25, 0.3) is 0 Å². The van der Waals surface area contributed by atoms with Crippen LogP contribution >= 0.6 is 0 Å². The van der Waals surface area contributed by atoms with Crippen LogP contribution in [0.1, 0.15) is 162 Å². The monoisotopic (exact) mass is 663 g/mol. The topological polar surface area (TPSA) is 113 Å². The van der Waals surface area contributed by atoms with Gasteiger partial charge in [0.15, 0.2) is 6.10 Å². The molecule has 0 radical (unpaired) electrons. The third kappa shape index (κ3) is 32.1. The van der Waals surface area contributed by atoms with Crippen LogP contribution < -0.4 is 0 Å². The molecule has 272 valence electrons. The summed E-state index contributed by atoms with van der Waals surface area (Å²) in [7, 11) is 0. The predicted molar refractivity (Wildman–Crippen MR) is 194 cm³/mol. The minimum Gasteiger partial charge on any atom is -0.462 e. The molecule has 3 atom stereocenters. The predicted octanol–water partition coefficient (Wildman–Crippen LogP) is 9.39. The Morgan fingerprint density at radius 2 is 1.04 bits per heavy atom. The lowest BCUT2D eigenvalue weighted by molar-refractivity contribution is -0.161. The fourth-order valence-corrected chi connectivity index (χ4v) is 5.11. The molecule has 0 saturated carbocycles. The summed E-state index contributed by atoms with van der Waals surface area (Å²) in [6, 6.07) is 0. The molecule has 47 heavy (non-hydrogen) atoms. The summed E-state index contributed by atoms with van der Waals surface area (Å²) in [6.07, 6.45) is 36.3. The van der Waals surface area contributed by atoms with E-state index in [1.165, 1.54) is 70.6 Å². The number of aliphatic hydroxyl groups excluding tert-OH is 3. The molecule has 0 unspecified atom stereocenters. The zero-order valence-electron chi connectivity index (χ0n) is 30.0. The van der Waals surface area contributed by atoms with Crippen molar-refractivity contribution in [3.63, 3.8) is 0 Å². The summed E-state index contributed by atoms with van der Waals surface area (Å²) in [5.41, 5.74) is 0. The maximum absolute atomic E-state index is 12.2. The maximum atomic E-state index is 12.2. The van der Waals surface area contributed by atoms with E-state index >= 15 is 0 Å². The van der Waals surface area contributed by atoms with Gasteiger partial charge in [0.2, 0.25) is 0 Å². The van der Waals surface area contributed by atoms with Crippen molar-refractivity contribution >= 4 is 11.9 Å². The Hall–Kier alpha value is -2.22. The van der Waals surface area contributed by atoms with Gasteiger partial charge in [-0.1, -0.05) is 146 Å². The first-order valence-corrected chi connectivity index (χ1v) is 18.9. The summed E-state index contributed by atoms with van der Waals surface area (Å²) in [6.45, 7) is 3.76. The van der Waals surface area contributed by atoms with Gasteiger partial charge in [-0.15, -0.1) is 0 Å². The Balaban J connectivity index is 3.83. The van der Waals surface area contributed by atoms with Crippen molar-refractivity contribution in [3.8, 4) is 0 Å². The van der Waals surface area contributed by atoms with Crippen molar-refractivity contribution in [1.29, 1.82) is 0 Å². The molecule has 0 aliphatic heterocycles. The van der Waals surface area contributed by atoms with Crippen LogP contribution in [0.25, 0.3) is 0 Å². The summed E-state index contributed by atoms with van der Waals surface area (Å²) in [4.78, 5) is 24.3. The quantitative estimate of drug-likeness (QED) is 0.0364. The third-order valence-corrected chi connectivity index (χ3v) is 8.09. The van der Waals surface area contributed by atoms with Gasteiger partial charge in [-0.2, -0.15) is 0 Å². The molecule has 0 heterocycles. The molecule has 7 nitrogen and oxygen atoms in total. The van der Waals surface area contributed by atoms with Gasteiger partial charge in [-0.05, 0) is 51.4 Å². The Morgan fingerprint density at radius 3 is 1.55 bits per heavy atom. The highest BCUT2D eigenvalue weighted by molar-refractivity contribution is 5.70. The summed E-state index contributed by atoms with van der Waals surface area (Å²) in [5, 5.41) is 29.9. The van der Waals surface area contributed by atoms with E-state index in [-0.39, 0.29) is 25.4 Å². The molecule has 0 amide bonds. The average molecular weight is 663 g/mol. The molecule has 3 N–H and O–H groups in total. The Kier molecular flexibility index (Phi) is 33.4. The molecule has 0 bridgehead atoms. The molecule has 0 aliphatic carbocycles. The molecule has 0 aromatic rings. The molecular formula is C40H70O7. The van der Waals surface area contributed by atoms with Crippen LogP contribution in [-0.4, -0.2) is 58.8 Å². The number of ether oxygens (including phenoxy) is 2. The first kappa shape index (κ1) is 44.8. The second-order valence-corrected chi connectivity index (χ2v) is 12.6. The van der Waals surface area contributed by atoms with Crippen LogP contribution in [0.5, 0.6) is 0 Å². The molecule has 0 aromatic carbocycles. The van der Waals surface area contributed by atoms with Gasteiger partial charge in [0.05, 0.1) is 18.8 Å². The number of allylic oxidation sites excluding steroid dienone is 7. The Labute approximate surface area is 287 Å². The van der Waals surface area contributed by atoms with E-state index in [1.54, 1.807) is 0 Å². The molecule has 7 heteroatoms.